The van der Waals surface area contributed by atoms with E-state index >= 15 is 0 Å². The standard InChI is InChI=1S/C21H28N4O4/c1-12(2)23-20(28)25-9-5-6-15(25)19(27)24-17-14-10-13(11-22)7-8-16(14)29-21(3,4)18(17)26/h7-8,10,12,15,17-18,26H,5-6,9H2,1-4H3,(H,23,28)(H,24,27)/t15-,17?,18?/m0/s1. The fourth-order valence-electron chi connectivity index (χ4n) is 3.89. The molecule has 156 valence electrons. The second-order valence-corrected chi connectivity index (χ2v) is 8.46. The molecule has 2 aliphatic rings. The van der Waals surface area contributed by atoms with Gasteiger partial charge < -0.3 is 25.4 Å². The fraction of sp³-hybridized carbons (Fsp3) is 0.571. The maximum atomic E-state index is 13.1. The molecule has 0 spiro atoms. The average molecular weight is 400 g/mol. The first-order valence-electron chi connectivity index (χ1n) is 9.92. The van der Waals surface area contributed by atoms with Crippen molar-refractivity contribution < 1.29 is 19.4 Å². The van der Waals surface area contributed by atoms with Crippen molar-refractivity contribution in [2.24, 2.45) is 0 Å². The highest BCUT2D eigenvalue weighted by atomic mass is 16.5. The van der Waals surface area contributed by atoms with Crippen LogP contribution in [0.2, 0.25) is 0 Å². The molecule has 0 radical (unpaired) electrons. The number of likely N-dealkylation sites (tertiary alicyclic amines) is 1. The molecule has 2 heterocycles. The Labute approximate surface area is 170 Å². The molecule has 0 aromatic heterocycles. The largest absolute Gasteiger partial charge is 0.485 e. The predicted octanol–water partition coefficient (Wildman–Crippen LogP) is 1.83. The van der Waals surface area contributed by atoms with Crippen LogP contribution in [-0.2, 0) is 4.79 Å². The zero-order valence-electron chi connectivity index (χ0n) is 17.2. The number of fused-ring (bicyclic) bond motifs is 1. The second kappa shape index (κ2) is 7.91. The van der Waals surface area contributed by atoms with Crippen LogP contribution in [0.25, 0.3) is 0 Å². The third-order valence-corrected chi connectivity index (χ3v) is 5.40. The van der Waals surface area contributed by atoms with Gasteiger partial charge in [0.05, 0.1) is 17.7 Å². The normalized spacial score (nSPS) is 25.0. The Morgan fingerprint density at radius 1 is 1.38 bits per heavy atom. The first-order valence-corrected chi connectivity index (χ1v) is 9.92. The lowest BCUT2D eigenvalue weighted by Gasteiger charge is -2.42. The molecule has 0 aliphatic carbocycles. The molecular weight excluding hydrogens is 372 g/mol. The Morgan fingerprint density at radius 3 is 2.76 bits per heavy atom. The Morgan fingerprint density at radius 2 is 2.10 bits per heavy atom. The summed E-state index contributed by atoms with van der Waals surface area (Å²) in [6.45, 7) is 7.74. The van der Waals surface area contributed by atoms with Gasteiger partial charge in [0.2, 0.25) is 5.91 Å². The van der Waals surface area contributed by atoms with Gasteiger partial charge >= 0.3 is 6.03 Å². The molecule has 3 N–H and O–H groups in total. The van der Waals surface area contributed by atoms with Gasteiger partial charge in [0.1, 0.15) is 23.5 Å². The topological polar surface area (TPSA) is 115 Å². The van der Waals surface area contributed by atoms with Crippen LogP contribution in [0.5, 0.6) is 5.75 Å². The fourth-order valence-corrected chi connectivity index (χ4v) is 3.89. The number of benzene rings is 1. The average Bonchev–Trinajstić information content (AvgIpc) is 3.14. The highest BCUT2D eigenvalue weighted by Crippen LogP contribution is 2.40. The van der Waals surface area contributed by atoms with E-state index in [2.05, 4.69) is 16.7 Å². The van der Waals surface area contributed by atoms with Gasteiger partial charge in [0.25, 0.3) is 0 Å². The zero-order valence-corrected chi connectivity index (χ0v) is 17.2. The zero-order chi connectivity index (χ0) is 21.3. The van der Waals surface area contributed by atoms with Crippen molar-refractivity contribution in [2.45, 2.75) is 70.4 Å². The highest BCUT2D eigenvalue weighted by Gasteiger charge is 2.45. The van der Waals surface area contributed by atoms with E-state index in [0.717, 1.165) is 6.42 Å². The molecule has 2 unspecified atom stereocenters. The first kappa shape index (κ1) is 20.9. The predicted molar refractivity (Wildman–Crippen MR) is 106 cm³/mol. The quantitative estimate of drug-likeness (QED) is 0.716. The molecule has 0 saturated carbocycles. The van der Waals surface area contributed by atoms with Gasteiger partial charge in [-0.15, -0.1) is 0 Å². The van der Waals surface area contributed by atoms with Gasteiger partial charge in [-0.25, -0.2) is 4.79 Å². The van der Waals surface area contributed by atoms with Crippen molar-refractivity contribution in [2.75, 3.05) is 6.54 Å². The lowest BCUT2D eigenvalue weighted by atomic mass is 9.85. The number of carbonyl (C=O) groups is 2. The molecule has 1 saturated heterocycles. The minimum absolute atomic E-state index is 0.0267. The van der Waals surface area contributed by atoms with Crippen LogP contribution in [0, 0.1) is 11.3 Å². The number of rotatable bonds is 3. The van der Waals surface area contributed by atoms with E-state index < -0.39 is 23.8 Å². The Hall–Kier alpha value is -2.79. The molecule has 1 aromatic carbocycles. The summed E-state index contributed by atoms with van der Waals surface area (Å²) in [6.07, 6.45) is 0.276. The van der Waals surface area contributed by atoms with Gasteiger partial charge in [0.15, 0.2) is 0 Å². The number of amides is 3. The maximum Gasteiger partial charge on any atom is 0.318 e. The van der Waals surface area contributed by atoms with E-state index in [4.69, 9.17) is 4.74 Å². The van der Waals surface area contributed by atoms with E-state index in [-0.39, 0.29) is 18.0 Å². The Bertz CT molecular complexity index is 846. The number of aliphatic hydroxyl groups excluding tert-OH is 1. The highest BCUT2D eigenvalue weighted by molar-refractivity contribution is 5.88. The van der Waals surface area contributed by atoms with E-state index in [0.29, 0.717) is 29.8 Å². The van der Waals surface area contributed by atoms with Crippen LogP contribution in [0.3, 0.4) is 0 Å². The first-order chi connectivity index (χ1) is 13.6. The molecule has 3 amide bonds. The van der Waals surface area contributed by atoms with Crippen LogP contribution in [0.4, 0.5) is 4.79 Å². The molecule has 8 nitrogen and oxygen atoms in total. The summed E-state index contributed by atoms with van der Waals surface area (Å²) in [7, 11) is 0. The monoisotopic (exact) mass is 400 g/mol. The number of carbonyl (C=O) groups excluding carboxylic acids is 2. The third-order valence-electron chi connectivity index (χ3n) is 5.40. The molecule has 1 aromatic rings. The summed E-state index contributed by atoms with van der Waals surface area (Å²) < 4.78 is 5.89. The summed E-state index contributed by atoms with van der Waals surface area (Å²) >= 11 is 0. The molecule has 3 rings (SSSR count). The Balaban J connectivity index is 1.85. The second-order valence-electron chi connectivity index (χ2n) is 8.46. The van der Waals surface area contributed by atoms with Crippen molar-refractivity contribution in [1.82, 2.24) is 15.5 Å². The molecule has 8 heteroatoms. The Kier molecular flexibility index (Phi) is 5.71. The van der Waals surface area contributed by atoms with Crippen molar-refractivity contribution >= 4 is 11.9 Å². The number of aliphatic hydroxyl groups is 1. The summed E-state index contributed by atoms with van der Waals surface area (Å²) in [6, 6.07) is 5.37. The summed E-state index contributed by atoms with van der Waals surface area (Å²) in [5.74, 6) is 0.196. The van der Waals surface area contributed by atoms with Crippen LogP contribution in [-0.4, -0.2) is 52.3 Å². The molecule has 3 atom stereocenters. The minimum Gasteiger partial charge on any atom is -0.485 e. The van der Waals surface area contributed by atoms with Crippen LogP contribution in [0.1, 0.15) is 57.7 Å². The number of ether oxygens (including phenoxy) is 1. The van der Waals surface area contributed by atoms with Crippen LogP contribution in [0.15, 0.2) is 18.2 Å². The van der Waals surface area contributed by atoms with Gasteiger partial charge in [-0.05, 0) is 58.7 Å². The molecule has 29 heavy (non-hydrogen) atoms. The number of hydrogen-bond donors (Lipinski definition) is 3. The van der Waals surface area contributed by atoms with E-state index in [1.165, 1.54) is 0 Å². The van der Waals surface area contributed by atoms with Crippen molar-refractivity contribution in [3.63, 3.8) is 0 Å². The van der Waals surface area contributed by atoms with Crippen LogP contribution < -0.4 is 15.4 Å². The van der Waals surface area contributed by atoms with Crippen molar-refractivity contribution in [3.05, 3.63) is 29.3 Å². The third kappa shape index (κ3) is 4.15. The number of nitrogens with zero attached hydrogens (tertiary/aromatic N) is 2. The smallest absolute Gasteiger partial charge is 0.318 e. The van der Waals surface area contributed by atoms with Gasteiger partial charge in [-0.3, -0.25) is 4.79 Å². The van der Waals surface area contributed by atoms with E-state index in [9.17, 15) is 20.0 Å². The number of urea groups is 1. The summed E-state index contributed by atoms with van der Waals surface area (Å²) in [5, 5.41) is 25.8. The number of nitriles is 1. The van der Waals surface area contributed by atoms with E-state index in [1.54, 1.807) is 36.9 Å². The van der Waals surface area contributed by atoms with Crippen LogP contribution >= 0.6 is 0 Å². The molecule has 1 fully saturated rings. The summed E-state index contributed by atoms with van der Waals surface area (Å²) in [4.78, 5) is 27.1. The van der Waals surface area contributed by atoms with Gasteiger partial charge in [-0.2, -0.15) is 5.26 Å². The molecule has 2 aliphatic heterocycles. The SMILES string of the molecule is CC(C)NC(=O)N1CCC[C@H]1C(=O)NC1c2cc(C#N)ccc2OC(C)(C)C1O. The lowest BCUT2D eigenvalue weighted by Crippen LogP contribution is -2.56. The minimum atomic E-state index is -1.02. The maximum absolute atomic E-state index is 13.1. The molecular formula is C21H28N4O4. The van der Waals surface area contributed by atoms with Crippen molar-refractivity contribution in [3.8, 4) is 11.8 Å². The van der Waals surface area contributed by atoms with E-state index in [1.807, 2.05) is 13.8 Å². The van der Waals surface area contributed by atoms with Gasteiger partial charge in [-0.1, -0.05) is 0 Å². The molecule has 0 bridgehead atoms. The number of hydrogen-bond acceptors (Lipinski definition) is 5. The van der Waals surface area contributed by atoms with Crippen molar-refractivity contribution in [1.29, 1.82) is 5.26 Å². The lowest BCUT2D eigenvalue weighted by molar-refractivity contribution is -0.129. The number of nitrogens with one attached hydrogen (secondary N) is 2. The van der Waals surface area contributed by atoms with Gasteiger partial charge in [0, 0.05) is 18.2 Å². The summed E-state index contributed by atoms with van der Waals surface area (Å²) in [5.41, 5.74) is 0.0430.